The van der Waals surface area contributed by atoms with E-state index in [-0.39, 0.29) is 0 Å². The molecule has 0 radical (unpaired) electrons. The summed E-state index contributed by atoms with van der Waals surface area (Å²) in [4.78, 5) is 0.434. The molecule has 0 N–H and O–H groups in total. The van der Waals surface area contributed by atoms with E-state index in [0.29, 0.717) is 17.0 Å². The Labute approximate surface area is 73.5 Å². The summed E-state index contributed by atoms with van der Waals surface area (Å²) in [6, 6.07) is 8.48. The lowest BCUT2D eigenvalue weighted by atomic mass is 10.1. The predicted molar refractivity (Wildman–Crippen MR) is 45.7 cm³/mol. The highest BCUT2D eigenvalue weighted by Gasteiger charge is 2.52. The number of rotatable bonds is 0. The van der Waals surface area contributed by atoms with E-state index in [4.69, 9.17) is 4.74 Å². The molecule has 0 aromatic heterocycles. The van der Waals surface area contributed by atoms with Gasteiger partial charge in [-0.2, -0.15) is 0 Å². The molecule has 3 unspecified atom stereocenters. The molecule has 1 heterocycles. The second kappa shape index (κ2) is 1.87. The second-order valence-electron chi connectivity index (χ2n) is 3.05. The molecule has 1 aliphatic heterocycles. The summed E-state index contributed by atoms with van der Waals surface area (Å²) in [6.45, 7) is 0. The van der Waals surface area contributed by atoms with Crippen LogP contribution in [-0.4, -0.2) is 6.10 Å². The number of hydrogen-bond donors (Lipinski definition) is 0. The van der Waals surface area contributed by atoms with Gasteiger partial charge in [-0.05, 0) is 11.1 Å². The van der Waals surface area contributed by atoms with E-state index in [1.165, 1.54) is 11.1 Å². The van der Waals surface area contributed by atoms with Gasteiger partial charge in [-0.3, -0.25) is 0 Å². The Balaban J connectivity index is 2.22. The molecule has 0 saturated carbocycles. The molecule has 1 fully saturated rings. The third-order valence-corrected chi connectivity index (χ3v) is 3.43. The van der Waals surface area contributed by atoms with Gasteiger partial charge < -0.3 is 4.74 Å². The summed E-state index contributed by atoms with van der Waals surface area (Å²) in [5, 5.41) is 0. The van der Waals surface area contributed by atoms with Gasteiger partial charge in [-0.15, -0.1) is 0 Å². The van der Waals surface area contributed by atoms with Crippen LogP contribution in [0.4, 0.5) is 0 Å². The van der Waals surface area contributed by atoms with Crippen molar-refractivity contribution in [2.75, 3.05) is 0 Å². The minimum absolute atomic E-state index is 0.399. The van der Waals surface area contributed by atoms with Crippen molar-refractivity contribution in [2.24, 2.45) is 0 Å². The van der Waals surface area contributed by atoms with E-state index < -0.39 is 0 Å². The third-order valence-electron chi connectivity index (χ3n) is 2.41. The summed E-state index contributed by atoms with van der Waals surface area (Å²) in [5.74, 6) is 0. The highest BCUT2D eigenvalue weighted by atomic mass is 79.9. The summed E-state index contributed by atoms with van der Waals surface area (Å²) in [5.41, 5.74) is 2.79. The molecule has 1 nitrogen and oxygen atoms in total. The maximum atomic E-state index is 5.44. The van der Waals surface area contributed by atoms with Gasteiger partial charge in [0.1, 0.15) is 12.2 Å². The molecule has 1 aliphatic carbocycles. The van der Waals surface area contributed by atoms with Crippen LogP contribution in [-0.2, 0) is 4.74 Å². The predicted octanol–water partition coefficient (Wildman–Crippen LogP) is 2.58. The van der Waals surface area contributed by atoms with Crippen LogP contribution in [0.15, 0.2) is 24.3 Å². The van der Waals surface area contributed by atoms with Gasteiger partial charge in [0.25, 0.3) is 0 Å². The molecule has 3 rings (SSSR count). The normalized spacial score (nSPS) is 38.1. The fourth-order valence-electron chi connectivity index (χ4n) is 1.79. The van der Waals surface area contributed by atoms with E-state index in [1.807, 2.05) is 0 Å². The van der Waals surface area contributed by atoms with Crippen molar-refractivity contribution in [3.05, 3.63) is 35.4 Å². The molecule has 0 bridgehead atoms. The number of hydrogen-bond acceptors (Lipinski definition) is 1. The Hall–Kier alpha value is -0.340. The molecule has 0 spiro atoms. The van der Waals surface area contributed by atoms with Crippen molar-refractivity contribution >= 4 is 15.9 Å². The number of epoxide rings is 1. The number of alkyl halides is 1. The zero-order chi connectivity index (χ0) is 7.42. The van der Waals surface area contributed by atoms with Crippen LogP contribution in [0.3, 0.4) is 0 Å². The Kier molecular flexibility index (Phi) is 1.06. The molecule has 1 aromatic rings. The average molecular weight is 211 g/mol. The van der Waals surface area contributed by atoms with Gasteiger partial charge in [0.15, 0.2) is 0 Å². The van der Waals surface area contributed by atoms with Gasteiger partial charge in [-0.25, -0.2) is 0 Å². The zero-order valence-electron chi connectivity index (χ0n) is 5.83. The molecule has 3 atom stereocenters. The van der Waals surface area contributed by atoms with Gasteiger partial charge >= 0.3 is 0 Å². The summed E-state index contributed by atoms with van der Waals surface area (Å²) in [6.07, 6.45) is 0.822. The number of benzene rings is 1. The van der Waals surface area contributed by atoms with E-state index in [9.17, 15) is 0 Å². The third kappa shape index (κ3) is 0.690. The summed E-state index contributed by atoms with van der Waals surface area (Å²) < 4.78 is 5.44. The van der Waals surface area contributed by atoms with Crippen LogP contribution in [0.1, 0.15) is 22.1 Å². The van der Waals surface area contributed by atoms with Gasteiger partial charge in [0, 0.05) is 0 Å². The van der Waals surface area contributed by atoms with E-state index in [2.05, 4.69) is 40.2 Å². The first-order valence-electron chi connectivity index (χ1n) is 3.76. The lowest BCUT2D eigenvalue weighted by molar-refractivity contribution is 0.360. The van der Waals surface area contributed by atoms with Crippen molar-refractivity contribution in [1.29, 1.82) is 0 Å². The zero-order valence-corrected chi connectivity index (χ0v) is 7.41. The molecule has 11 heavy (non-hydrogen) atoms. The lowest BCUT2D eigenvalue weighted by Gasteiger charge is -2.04. The van der Waals surface area contributed by atoms with Crippen molar-refractivity contribution in [1.82, 2.24) is 0 Å². The van der Waals surface area contributed by atoms with E-state index in [0.717, 1.165) is 0 Å². The first-order chi connectivity index (χ1) is 5.38. The Morgan fingerprint density at radius 3 is 2.64 bits per heavy atom. The van der Waals surface area contributed by atoms with Crippen LogP contribution in [0.25, 0.3) is 0 Å². The van der Waals surface area contributed by atoms with Crippen molar-refractivity contribution in [3.8, 4) is 0 Å². The summed E-state index contributed by atoms with van der Waals surface area (Å²) in [7, 11) is 0. The van der Waals surface area contributed by atoms with Crippen LogP contribution >= 0.6 is 15.9 Å². The minimum Gasteiger partial charge on any atom is -0.363 e. The quantitative estimate of drug-likeness (QED) is 0.474. The monoisotopic (exact) mass is 210 g/mol. The topological polar surface area (TPSA) is 12.5 Å². The fraction of sp³-hybridized carbons (Fsp3) is 0.333. The van der Waals surface area contributed by atoms with Crippen LogP contribution < -0.4 is 0 Å². The molecular weight excluding hydrogens is 204 g/mol. The van der Waals surface area contributed by atoms with Crippen LogP contribution in [0.5, 0.6) is 0 Å². The molecule has 2 aliphatic rings. The van der Waals surface area contributed by atoms with E-state index >= 15 is 0 Å². The largest absolute Gasteiger partial charge is 0.363 e. The maximum absolute atomic E-state index is 5.44. The Morgan fingerprint density at radius 2 is 1.91 bits per heavy atom. The van der Waals surface area contributed by atoms with Gasteiger partial charge in [-0.1, -0.05) is 40.2 Å². The van der Waals surface area contributed by atoms with Crippen molar-refractivity contribution in [3.63, 3.8) is 0 Å². The average Bonchev–Trinajstić information content (AvgIpc) is 2.78. The minimum atomic E-state index is 0.399. The lowest BCUT2D eigenvalue weighted by Crippen LogP contribution is -1.92. The first kappa shape index (κ1) is 6.21. The molecule has 1 aromatic carbocycles. The van der Waals surface area contributed by atoms with Crippen molar-refractivity contribution in [2.45, 2.75) is 17.0 Å². The Bertz CT molecular complexity index is 295. The molecule has 2 heteroatoms. The highest BCUT2D eigenvalue weighted by Crippen LogP contribution is 2.57. The van der Waals surface area contributed by atoms with Crippen LogP contribution in [0, 0.1) is 0 Å². The van der Waals surface area contributed by atoms with Crippen LogP contribution in [0.2, 0.25) is 0 Å². The number of halogens is 1. The second-order valence-corrected chi connectivity index (χ2v) is 4.04. The van der Waals surface area contributed by atoms with E-state index in [1.54, 1.807) is 0 Å². The maximum Gasteiger partial charge on any atom is 0.111 e. The molecule has 1 saturated heterocycles. The fourth-order valence-corrected chi connectivity index (χ4v) is 2.61. The highest BCUT2D eigenvalue weighted by molar-refractivity contribution is 9.09. The molecule has 0 amide bonds. The summed E-state index contributed by atoms with van der Waals surface area (Å²) >= 11 is 3.62. The number of fused-ring (bicyclic) bond motifs is 3. The van der Waals surface area contributed by atoms with Gasteiger partial charge in [0.2, 0.25) is 0 Å². The van der Waals surface area contributed by atoms with Crippen molar-refractivity contribution < 1.29 is 4.74 Å². The number of ether oxygens (including phenoxy) is 1. The smallest absolute Gasteiger partial charge is 0.111 e. The molecule has 56 valence electrons. The SMILES string of the molecule is BrC1c2ccccc2C2OC12. The molecular formula is C9H7BrO. The Morgan fingerprint density at radius 1 is 1.18 bits per heavy atom. The van der Waals surface area contributed by atoms with Gasteiger partial charge in [0.05, 0.1) is 4.83 Å². The standard InChI is InChI=1S/C9H7BrO/c10-7-5-3-1-2-4-6(5)8-9(7)11-8/h1-4,7-9H. The first-order valence-corrected chi connectivity index (χ1v) is 4.68.